The zero-order valence-corrected chi connectivity index (χ0v) is 11.0. The van der Waals surface area contributed by atoms with Gasteiger partial charge >= 0.3 is 5.97 Å². The lowest BCUT2D eigenvalue weighted by molar-refractivity contribution is -0.142. The van der Waals surface area contributed by atoms with Crippen LogP contribution in [-0.2, 0) is 9.59 Å². The molecule has 1 unspecified atom stereocenters. The number of nitrogens with one attached hydrogen (secondary N) is 1. The van der Waals surface area contributed by atoms with Crippen LogP contribution in [0.4, 0.5) is 0 Å². The van der Waals surface area contributed by atoms with E-state index in [0.29, 0.717) is 25.8 Å². The molecule has 0 saturated heterocycles. The summed E-state index contributed by atoms with van der Waals surface area (Å²) in [5, 5.41) is 11.9. The number of aliphatic carboxylic acids is 1. The third-order valence-corrected chi connectivity index (χ3v) is 3.83. The van der Waals surface area contributed by atoms with Gasteiger partial charge in [-0.1, -0.05) is 13.3 Å². The van der Waals surface area contributed by atoms with Gasteiger partial charge in [-0.25, -0.2) is 0 Å². The van der Waals surface area contributed by atoms with Crippen LogP contribution in [0.25, 0.3) is 0 Å². The summed E-state index contributed by atoms with van der Waals surface area (Å²) in [5.74, 6) is -0.647. The third kappa shape index (κ3) is 4.64. The van der Waals surface area contributed by atoms with E-state index in [4.69, 9.17) is 10.8 Å². The van der Waals surface area contributed by atoms with Crippen molar-refractivity contribution in [2.45, 2.75) is 51.5 Å². The van der Waals surface area contributed by atoms with E-state index in [1.54, 1.807) is 0 Å². The SMILES string of the molecule is CCC(CN)CC(=O)NC1CCC(C(=O)O)CC1. The van der Waals surface area contributed by atoms with Crippen LogP contribution >= 0.6 is 0 Å². The Morgan fingerprint density at radius 2 is 1.94 bits per heavy atom. The number of hydrogen-bond acceptors (Lipinski definition) is 3. The van der Waals surface area contributed by atoms with Crippen molar-refractivity contribution in [3.8, 4) is 0 Å². The minimum atomic E-state index is -0.714. The largest absolute Gasteiger partial charge is 0.481 e. The molecule has 1 aliphatic carbocycles. The van der Waals surface area contributed by atoms with Crippen LogP contribution in [0.2, 0.25) is 0 Å². The van der Waals surface area contributed by atoms with Gasteiger partial charge < -0.3 is 16.2 Å². The lowest BCUT2D eigenvalue weighted by Gasteiger charge is -2.27. The third-order valence-electron chi connectivity index (χ3n) is 3.83. The predicted molar refractivity (Wildman–Crippen MR) is 69.0 cm³/mol. The van der Waals surface area contributed by atoms with Crippen LogP contribution in [0.3, 0.4) is 0 Å². The molecule has 1 fully saturated rings. The van der Waals surface area contributed by atoms with Gasteiger partial charge in [-0.2, -0.15) is 0 Å². The summed E-state index contributed by atoms with van der Waals surface area (Å²) < 4.78 is 0. The van der Waals surface area contributed by atoms with Crippen molar-refractivity contribution >= 4 is 11.9 Å². The Morgan fingerprint density at radius 3 is 2.39 bits per heavy atom. The molecule has 4 N–H and O–H groups in total. The van der Waals surface area contributed by atoms with E-state index in [9.17, 15) is 9.59 Å². The van der Waals surface area contributed by atoms with Gasteiger partial charge in [0.05, 0.1) is 5.92 Å². The molecule has 0 aromatic heterocycles. The highest BCUT2D eigenvalue weighted by molar-refractivity contribution is 5.76. The number of amides is 1. The van der Waals surface area contributed by atoms with E-state index in [0.717, 1.165) is 19.3 Å². The molecular weight excluding hydrogens is 232 g/mol. The van der Waals surface area contributed by atoms with Crippen LogP contribution < -0.4 is 11.1 Å². The summed E-state index contributed by atoms with van der Waals surface area (Å²) >= 11 is 0. The van der Waals surface area contributed by atoms with Crippen molar-refractivity contribution in [3.63, 3.8) is 0 Å². The van der Waals surface area contributed by atoms with Crippen molar-refractivity contribution < 1.29 is 14.7 Å². The highest BCUT2D eigenvalue weighted by Crippen LogP contribution is 2.24. The Kier molecular flexibility index (Phi) is 6.12. The number of carboxylic acid groups (broad SMARTS) is 1. The molecule has 1 amide bonds. The van der Waals surface area contributed by atoms with Gasteiger partial charge in [0.25, 0.3) is 0 Å². The second kappa shape index (κ2) is 7.36. The van der Waals surface area contributed by atoms with E-state index in [1.165, 1.54) is 0 Å². The van der Waals surface area contributed by atoms with E-state index in [-0.39, 0.29) is 23.8 Å². The van der Waals surface area contributed by atoms with Crippen LogP contribution in [-0.4, -0.2) is 29.6 Å². The maximum atomic E-state index is 11.8. The van der Waals surface area contributed by atoms with Crippen molar-refractivity contribution in [2.24, 2.45) is 17.6 Å². The minimum absolute atomic E-state index is 0.0473. The summed E-state index contributed by atoms with van der Waals surface area (Å²) in [6, 6.07) is 0.142. The molecule has 0 radical (unpaired) electrons. The highest BCUT2D eigenvalue weighted by Gasteiger charge is 2.26. The Hall–Kier alpha value is -1.10. The predicted octanol–water partition coefficient (Wildman–Crippen LogP) is 1.12. The number of carboxylic acids is 1. The van der Waals surface area contributed by atoms with Gasteiger partial charge in [0.15, 0.2) is 0 Å². The summed E-state index contributed by atoms with van der Waals surface area (Å²) in [7, 11) is 0. The second-order valence-electron chi connectivity index (χ2n) is 5.17. The Bertz CT molecular complexity index is 282. The molecule has 0 heterocycles. The highest BCUT2D eigenvalue weighted by atomic mass is 16.4. The quantitative estimate of drug-likeness (QED) is 0.664. The monoisotopic (exact) mass is 256 g/mol. The molecule has 1 saturated carbocycles. The molecule has 0 aromatic carbocycles. The van der Waals surface area contributed by atoms with Crippen LogP contribution in [0.15, 0.2) is 0 Å². The number of nitrogens with two attached hydrogens (primary N) is 1. The average Bonchev–Trinajstić information content (AvgIpc) is 2.36. The fraction of sp³-hybridized carbons (Fsp3) is 0.846. The molecule has 1 rings (SSSR count). The van der Waals surface area contributed by atoms with Crippen LogP contribution in [0, 0.1) is 11.8 Å². The zero-order chi connectivity index (χ0) is 13.5. The van der Waals surface area contributed by atoms with Gasteiger partial charge in [-0.3, -0.25) is 9.59 Å². The fourth-order valence-electron chi connectivity index (χ4n) is 2.43. The van der Waals surface area contributed by atoms with Crippen molar-refractivity contribution in [2.75, 3.05) is 6.54 Å². The molecule has 0 spiro atoms. The molecule has 1 atom stereocenters. The van der Waals surface area contributed by atoms with Gasteiger partial charge in [0.1, 0.15) is 0 Å². The van der Waals surface area contributed by atoms with Crippen LogP contribution in [0.5, 0.6) is 0 Å². The standard InChI is InChI=1S/C13H24N2O3/c1-2-9(8-14)7-12(16)15-11-5-3-10(4-6-11)13(17)18/h9-11H,2-8,14H2,1H3,(H,15,16)(H,17,18). The molecule has 5 heteroatoms. The maximum absolute atomic E-state index is 11.8. The van der Waals surface area contributed by atoms with Gasteiger partial charge in [0, 0.05) is 12.5 Å². The second-order valence-corrected chi connectivity index (χ2v) is 5.17. The molecule has 0 aromatic rings. The van der Waals surface area contributed by atoms with Crippen molar-refractivity contribution in [1.82, 2.24) is 5.32 Å². The van der Waals surface area contributed by atoms with Gasteiger partial charge in [-0.05, 0) is 38.1 Å². The summed E-state index contributed by atoms with van der Waals surface area (Å²) in [4.78, 5) is 22.6. The van der Waals surface area contributed by atoms with Crippen LogP contribution in [0.1, 0.15) is 45.4 Å². The molecule has 0 bridgehead atoms. The Balaban J connectivity index is 2.28. The van der Waals surface area contributed by atoms with Gasteiger partial charge in [0.2, 0.25) is 5.91 Å². The van der Waals surface area contributed by atoms with E-state index >= 15 is 0 Å². The topological polar surface area (TPSA) is 92.4 Å². The number of rotatable bonds is 6. The van der Waals surface area contributed by atoms with Gasteiger partial charge in [-0.15, -0.1) is 0 Å². The van der Waals surface area contributed by atoms with E-state index in [1.807, 2.05) is 6.92 Å². The molecule has 104 valence electrons. The number of carbonyl (C=O) groups is 2. The first-order valence-electron chi connectivity index (χ1n) is 6.79. The molecule has 1 aliphatic rings. The maximum Gasteiger partial charge on any atom is 0.306 e. The molecular formula is C13H24N2O3. The summed E-state index contributed by atoms with van der Waals surface area (Å²) in [6.07, 6.45) is 4.24. The molecule has 5 nitrogen and oxygen atoms in total. The molecule has 18 heavy (non-hydrogen) atoms. The smallest absolute Gasteiger partial charge is 0.306 e. The first-order chi connectivity index (χ1) is 8.56. The Labute approximate surface area is 108 Å². The summed E-state index contributed by atoms with van der Waals surface area (Å²) in [6.45, 7) is 2.57. The minimum Gasteiger partial charge on any atom is -0.481 e. The zero-order valence-electron chi connectivity index (χ0n) is 11.0. The lowest BCUT2D eigenvalue weighted by Crippen LogP contribution is -2.39. The normalized spacial score (nSPS) is 25.4. The fourth-order valence-corrected chi connectivity index (χ4v) is 2.43. The number of hydrogen-bond donors (Lipinski definition) is 3. The summed E-state index contributed by atoms with van der Waals surface area (Å²) in [5.41, 5.74) is 5.57. The number of carbonyl (C=O) groups excluding carboxylic acids is 1. The lowest BCUT2D eigenvalue weighted by atomic mass is 9.86. The first-order valence-corrected chi connectivity index (χ1v) is 6.79. The van der Waals surface area contributed by atoms with E-state index in [2.05, 4.69) is 5.32 Å². The molecule has 0 aliphatic heterocycles. The average molecular weight is 256 g/mol. The van der Waals surface area contributed by atoms with Crippen molar-refractivity contribution in [3.05, 3.63) is 0 Å². The van der Waals surface area contributed by atoms with E-state index < -0.39 is 5.97 Å². The Morgan fingerprint density at radius 1 is 1.33 bits per heavy atom. The first kappa shape index (κ1) is 15.0. The van der Waals surface area contributed by atoms with Crippen molar-refractivity contribution in [1.29, 1.82) is 0 Å².